The molecule has 1 heterocycles. The Hall–Kier alpha value is -1.22. The topological polar surface area (TPSA) is 40.5 Å². The van der Waals surface area contributed by atoms with E-state index >= 15 is 0 Å². The second kappa shape index (κ2) is 3.50. The van der Waals surface area contributed by atoms with Crippen LogP contribution in [0.5, 0.6) is 0 Å². The first kappa shape index (κ1) is 9.34. The summed E-state index contributed by atoms with van der Waals surface area (Å²) in [6.07, 6.45) is 1.13. The van der Waals surface area contributed by atoms with E-state index in [2.05, 4.69) is 0 Å². The lowest BCUT2D eigenvalue weighted by Gasteiger charge is -2.34. The predicted octanol–water partition coefficient (Wildman–Crippen LogP) is 2.25. The molecule has 2 rings (SSSR count). The minimum atomic E-state index is -0.922. The van der Waals surface area contributed by atoms with Gasteiger partial charge in [-0.2, -0.15) is 0 Å². The van der Waals surface area contributed by atoms with Gasteiger partial charge in [-0.1, -0.05) is 11.6 Å². The molecule has 1 N–H and O–H groups in total. The molecule has 74 valence electrons. The van der Waals surface area contributed by atoms with Crippen LogP contribution in [0.4, 0.5) is 5.69 Å². The molecule has 0 bridgehead atoms. The van der Waals surface area contributed by atoms with Crippen molar-refractivity contribution in [3.05, 3.63) is 28.8 Å². The maximum Gasteiger partial charge on any atom is 0.337 e. The number of benzene rings is 1. The molecule has 3 nitrogen and oxygen atoms in total. The van der Waals surface area contributed by atoms with Gasteiger partial charge in [0, 0.05) is 18.1 Å². The molecule has 14 heavy (non-hydrogen) atoms. The zero-order valence-electron chi connectivity index (χ0n) is 7.53. The van der Waals surface area contributed by atoms with Gasteiger partial charge in [0.15, 0.2) is 0 Å². The fourth-order valence-corrected chi connectivity index (χ4v) is 1.68. The molecule has 0 amide bonds. The number of halogens is 1. The van der Waals surface area contributed by atoms with Gasteiger partial charge in [-0.15, -0.1) is 0 Å². The Bertz CT molecular complexity index is 374. The fraction of sp³-hybridized carbons (Fsp3) is 0.300. The number of carboxylic acid groups (broad SMARTS) is 1. The molecule has 1 fully saturated rings. The van der Waals surface area contributed by atoms with E-state index in [1.165, 1.54) is 6.07 Å². The Balaban J connectivity index is 2.41. The summed E-state index contributed by atoms with van der Waals surface area (Å²) in [4.78, 5) is 13.0. The molecule has 1 aromatic rings. The SMILES string of the molecule is O=C(O)c1cc(Cl)ccc1N1CCC1. The van der Waals surface area contributed by atoms with Crippen molar-refractivity contribution in [1.29, 1.82) is 0 Å². The average Bonchev–Trinajstić information content (AvgIpc) is 2.04. The fourth-order valence-electron chi connectivity index (χ4n) is 1.51. The lowest BCUT2D eigenvalue weighted by molar-refractivity contribution is 0.0697. The van der Waals surface area contributed by atoms with E-state index < -0.39 is 5.97 Å². The second-order valence-electron chi connectivity index (χ2n) is 3.31. The van der Waals surface area contributed by atoms with Gasteiger partial charge in [0.2, 0.25) is 0 Å². The van der Waals surface area contributed by atoms with Crippen LogP contribution in [0.1, 0.15) is 16.8 Å². The molecular weight excluding hydrogens is 202 g/mol. The molecule has 1 saturated heterocycles. The highest BCUT2D eigenvalue weighted by atomic mass is 35.5. The molecule has 0 atom stereocenters. The van der Waals surface area contributed by atoms with Crippen molar-refractivity contribution in [1.82, 2.24) is 0 Å². The van der Waals surface area contributed by atoms with Crippen molar-refractivity contribution in [2.45, 2.75) is 6.42 Å². The largest absolute Gasteiger partial charge is 0.478 e. The van der Waals surface area contributed by atoms with Crippen LogP contribution in [0.2, 0.25) is 5.02 Å². The number of nitrogens with zero attached hydrogens (tertiary/aromatic N) is 1. The molecule has 0 unspecified atom stereocenters. The summed E-state index contributed by atoms with van der Waals surface area (Å²) >= 11 is 5.74. The average molecular weight is 212 g/mol. The van der Waals surface area contributed by atoms with Crippen LogP contribution in [-0.4, -0.2) is 24.2 Å². The Morgan fingerprint density at radius 1 is 1.43 bits per heavy atom. The monoisotopic (exact) mass is 211 g/mol. The third-order valence-corrected chi connectivity index (χ3v) is 2.62. The van der Waals surface area contributed by atoms with Gasteiger partial charge in [0.1, 0.15) is 0 Å². The van der Waals surface area contributed by atoms with Crippen molar-refractivity contribution in [3.8, 4) is 0 Å². The zero-order valence-corrected chi connectivity index (χ0v) is 8.29. The van der Waals surface area contributed by atoms with Gasteiger partial charge in [-0.3, -0.25) is 0 Å². The van der Waals surface area contributed by atoms with Crippen LogP contribution in [0.15, 0.2) is 18.2 Å². The first-order valence-corrected chi connectivity index (χ1v) is 4.84. The molecule has 0 spiro atoms. The number of aromatic carboxylic acids is 1. The highest BCUT2D eigenvalue weighted by Gasteiger charge is 2.20. The number of hydrogen-bond donors (Lipinski definition) is 1. The first-order valence-electron chi connectivity index (χ1n) is 4.46. The lowest BCUT2D eigenvalue weighted by Crippen LogP contribution is -2.38. The summed E-state index contributed by atoms with van der Waals surface area (Å²) in [5, 5.41) is 9.44. The van der Waals surface area contributed by atoms with Crippen LogP contribution in [-0.2, 0) is 0 Å². The van der Waals surface area contributed by atoms with Gasteiger partial charge in [0.25, 0.3) is 0 Å². The number of hydrogen-bond acceptors (Lipinski definition) is 2. The van der Waals surface area contributed by atoms with E-state index in [-0.39, 0.29) is 5.56 Å². The van der Waals surface area contributed by atoms with Gasteiger partial charge in [0.05, 0.1) is 11.3 Å². The molecule has 4 heteroatoms. The van der Waals surface area contributed by atoms with E-state index in [0.717, 1.165) is 25.2 Å². The summed E-state index contributed by atoms with van der Waals surface area (Å²) in [7, 11) is 0. The maximum atomic E-state index is 10.9. The molecular formula is C10H10ClNO2. The van der Waals surface area contributed by atoms with Gasteiger partial charge >= 0.3 is 5.97 Å². The number of anilines is 1. The van der Waals surface area contributed by atoms with Crippen LogP contribution in [0.3, 0.4) is 0 Å². The third kappa shape index (κ3) is 1.55. The van der Waals surface area contributed by atoms with Crippen LogP contribution >= 0.6 is 11.6 Å². The zero-order chi connectivity index (χ0) is 10.1. The van der Waals surface area contributed by atoms with Gasteiger partial charge < -0.3 is 10.0 Å². The second-order valence-corrected chi connectivity index (χ2v) is 3.74. The van der Waals surface area contributed by atoms with Gasteiger partial charge in [-0.25, -0.2) is 4.79 Å². The molecule has 0 aromatic heterocycles. The highest BCUT2D eigenvalue weighted by Crippen LogP contribution is 2.27. The molecule has 1 aliphatic heterocycles. The first-order chi connectivity index (χ1) is 6.68. The van der Waals surface area contributed by atoms with Crippen molar-refractivity contribution in [2.24, 2.45) is 0 Å². The van der Waals surface area contributed by atoms with Crippen molar-refractivity contribution < 1.29 is 9.90 Å². The summed E-state index contributed by atoms with van der Waals surface area (Å²) in [6.45, 7) is 1.86. The smallest absolute Gasteiger partial charge is 0.337 e. The molecule has 1 aromatic carbocycles. The Morgan fingerprint density at radius 2 is 2.14 bits per heavy atom. The maximum absolute atomic E-state index is 10.9. The Labute approximate surface area is 86.9 Å². The summed E-state index contributed by atoms with van der Waals surface area (Å²) in [6, 6.07) is 4.99. The Kier molecular flexibility index (Phi) is 2.33. The highest BCUT2D eigenvalue weighted by molar-refractivity contribution is 6.31. The van der Waals surface area contributed by atoms with Crippen molar-refractivity contribution in [2.75, 3.05) is 18.0 Å². The van der Waals surface area contributed by atoms with Crippen LogP contribution in [0.25, 0.3) is 0 Å². The van der Waals surface area contributed by atoms with Crippen LogP contribution in [0, 0.1) is 0 Å². The van der Waals surface area contributed by atoms with Crippen molar-refractivity contribution >= 4 is 23.3 Å². The van der Waals surface area contributed by atoms with E-state index in [9.17, 15) is 4.79 Å². The van der Waals surface area contributed by atoms with E-state index in [0.29, 0.717) is 5.02 Å². The van der Waals surface area contributed by atoms with E-state index in [1.807, 2.05) is 4.90 Å². The van der Waals surface area contributed by atoms with E-state index in [4.69, 9.17) is 16.7 Å². The van der Waals surface area contributed by atoms with E-state index in [1.54, 1.807) is 12.1 Å². The Morgan fingerprint density at radius 3 is 2.64 bits per heavy atom. The minimum absolute atomic E-state index is 0.289. The minimum Gasteiger partial charge on any atom is -0.478 e. The molecule has 0 saturated carbocycles. The number of carboxylic acids is 1. The normalized spacial score (nSPS) is 15.1. The van der Waals surface area contributed by atoms with Gasteiger partial charge in [-0.05, 0) is 24.6 Å². The predicted molar refractivity (Wildman–Crippen MR) is 55.2 cm³/mol. The third-order valence-electron chi connectivity index (χ3n) is 2.39. The lowest BCUT2D eigenvalue weighted by atomic mass is 10.1. The molecule has 1 aliphatic rings. The van der Waals surface area contributed by atoms with Crippen LogP contribution < -0.4 is 4.90 Å². The number of carbonyl (C=O) groups is 1. The summed E-state index contributed by atoms with van der Waals surface area (Å²) < 4.78 is 0. The summed E-state index contributed by atoms with van der Waals surface area (Å²) in [5.41, 5.74) is 1.06. The molecule has 0 aliphatic carbocycles. The molecule has 0 radical (unpaired) electrons. The quantitative estimate of drug-likeness (QED) is 0.816. The number of rotatable bonds is 2. The van der Waals surface area contributed by atoms with Crippen molar-refractivity contribution in [3.63, 3.8) is 0 Å². The standard InChI is InChI=1S/C10H10ClNO2/c11-7-2-3-9(12-4-1-5-12)8(6-7)10(13)14/h2-3,6H,1,4-5H2,(H,13,14). The summed E-state index contributed by atoms with van der Waals surface area (Å²) in [5.74, 6) is -0.922.